The van der Waals surface area contributed by atoms with Crippen LogP contribution in [-0.4, -0.2) is 12.0 Å². The van der Waals surface area contributed by atoms with Crippen molar-refractivity contribution < 1.29 is 4.42 Å². The molecule has 1 atom stereocenters. The van der Waals surface area contributed by atoms with Gasteiger partial charge in [0.25, 0.3) is 0 Å². The quantitative estimate of drug-likeness (QED) is 0.761. The first-order valence-electron chi connectivity index (χ1n) is 5.93. The molecular formula is C15H14N2O. The fourth-order valence-electron chi connectivity index (χ4n) is 2.27. The molecule has 0 saturated carbocycles. The first-order valence-corrected chi connectivity index (χ1v) is 5.93. The molecule has 18 heavy (non-hydrogen) atoms. The number of aromatic nitrogens is 1. The monoisotopic (exact) mass is 238 g/mol. The van der Waals surface area contributed by atoms with Crippen molar-refractivity contribution >= 4 is 10.8 Å². The molecule has 2 aromatic heterocycles. The van der Waals surface area contributed by atoms with Crippen LogP contribution in [0.1, 0.15) is 17.3 Å². The third-order valence-corrected chi connectivity index (χ3v) is 3.14. The van der Waals surface area contributed by atoms with Crippen molar-refractivity contribution in [3.05, 3.63) is 66.4 Å². The van der Waals surface area contributed by atoms with E-state index in [1.807, 2.05) is 37.5 Å². The van der Waals surface area contributed by atoms with Crippen molar-refractivity contribution in [3.63, 3.8) is 0 Å². The predicted molar refractivity (Wildman–Crippen MR) is 71.4 cm³/mol. The number of hydrogen-bond donors (Lipinski definition) is 1. The second kappa shape index (κ2) is 4.63. The van der Waals surface area contributed by atoms with Gasteiger partial charge in [0.05, 0.1) is 24.3 Å². The average molecular weight is 238 g/mol. The number of hydrogen-bond acceptors (Lipinski definition) is 3. The number of benzene rings is 1. The number of nitrogens with one attached hydrogen (secondary N) is 1. The van der Waals surface area contributed by atoms with Crippen molar-refractivity contribution in [2.24, 2.45) is 0 Å². The lowest BCUT2D eigenvalue weighted by Gasteiger charge is -2.15. The number of pyridine rings is 1. The van der Waals surface area contributed by atoms with E-state index in [0.717, 1.165) is 11.3 Å². The van der Waals surface area contributed by atoms with E-state index in [9.17, 15) is 0 Å². The summed E-state index contributed by atoms with van der Waals surface area (Å²) in [6, 6.07) is 12.3. The molecule has 0 radical (unpaired) electrons. The van der Waals surface area contributed by atoms with Crippen LogP contribution < -0.4 is 5.32 Å². The largest absolute Gasteiger partial charge is 0.472 e. The number of fused-ring (bicyclic) bond motifs is 1. The first kappa shape index (κ1) is 11.0. The minimum Gasteiger partial charge on any atom is -0.472 e. The standard InChI is InChI=1S/C15H14N2O/c1-16-14(12-7-9-18-10-12)15-13-5-3-2-4-11(13)6-8-17-15/h2-10,14,16H,1H3. The number of furan rings is 1. The smallest absolute Gasteiger partial charge is 0.0954 e. The van der Waals surface area contributed by atoms with Gasteiger partial charge in [0.2, 0.25) is 0 Å². The Hall–Kier alpha value is -2.13. The van der Waals surface area contributed by atoms with Crippen LogP contribution in [0.4, 0.5) is 0 Å². The summed E-state index contributed by atoms with van der Waals surface area (Å²) >= 11 is 0. The summed E-state index contributed by atoms with van der Waals surface area (Å²) in [6.45, 7) is 0. The molecule has 3 nitrogen and oxygen atoms in total. The highest BCUT2D eigenvalue weighted by molar-refractivity contribution is 5.85. The average Bonchev–Trinajstić information content (AvgIpc) is 2.94. The minimum atomic E-state index is 0.0508. The van der Waals surface area contributed by atoms with Crippen molar-refractivity contribution in [1.29, 1.82) is 0 Å². The molecular weight excluding hydrogens is 224 g/mol. The van der Waals surface area contributed by atoms with Crippen LogP contribution in [0.2, 0.25) is 0 Å². The lowest BCUT2D eigenvalue weighted by molar-refractivity contribution is 0.556. The summed E-state index contributed by atoms with van der Waals surface area (Å²) in [5.74, 6) is 0. The van der Waals surface area contributed by atoms with Crippen LogP contribution in [0.3, 0.4) is 0 Å². The van der Waals surface area contributed by atoms with Gasteiger partial charge in [0.15, 0.2) is 0 Å². The van der Waals surface area contributed by atoms with Gasteiger partial charge < -0.3 is 9.73 Å². The fraction of sp³-hybridized carbons (Fsp3) is 0.133. The van der Waals surface area contributed by atoms with Gasteiger partial charge in [-0.2, -0.15) is 0 Å². The summed E-state index contributed by atoms with van der Waals surface area (Å²) in [4.78, 5) is 4.53. The topological polar surface area (TPSA) is 38.1 Å². The highest BCUT2D eigenvalue weighted by Crippen LogP contribution is 2.26. The van der Waals surface area contributed by atoms with Crippen LogP contribution in [0.15, 0.2) is 59.5 Å². The first-order chi connectivity index (χ1) is 8.90. The van der Waals surface area contributed by atoms with E-state index in [1.165, 1.54) is 10.8 Å². The maximum atomic E-state index is 5.16. The third-order valence-electron chi connectivity index (χ3n) is 3.14. The lowest BCUT2D eigenvalue weighted by Crippen LogP contribution is -2.18. The molecule has 3 aromatic rings. The van der Waals surface area contributed by atoms with Gasteiger partial charge in [0.1, 0.15) is 0 Å². The van der Waals surface area contributed by atoms with Gasteiger partial charge in [0, 0.05) is 17.1 Å². The van der Waals surface area contributed by atoms with Crippen molar-refractivity contribution in [3.8, 4) is 0 Å². The molecule has 0 amide bonds. The lowest BCUT2D eigenvalue weighted by atomic mass is 10.0. The van der Waals surface area contributed by atoms with Crippen molar-refractivity contribution in [1.82, 2.24) is 10.3 Å². The molecule has 0 fully saturated rings. The normalized spacial score (nSPS) is 12.7. The van der Waals surface area contributed by atoms with Gasteiger partial charge in [-0.3, -0.25) is 4.98 Å². The van der Waals surface area contributed by atoms with Gasteiger partial charge in [-0.25, -0.2) is 0 Å². The van der Waals surface area contributed by atoms with E-state index in [4.69, 9.17) is 4.42 Å². The molecule has 3 heteroatoms. The Labute approximate surface area is 105 Å². The Morgan fingerprint density at radius 1 is 1.17 bits per heavy atom. The summed E-state index contributed by atoms with van der Waals surface area (Å²) in [6.07, 6.45) is 5.29. The fourth-order valence-corrected chi connectivity index (χ4v) is 2.27. The Balaban J connectivity index is 2.18. The highest BCUT2D eigenvalue weighted by atomic mass is 16.3. The highest BCUT2D eigenvalue weighted by Gasteiger charge is 2.16. The third kappa shape index (κ3) is 1.79. The molecule has 1 N–H and O–H groups in total. The molecule has 1 unspecified atom stereocenters. The second-order valence-corrected chi connectivity index (χ2v) is 4.20. The maximum Gasteiger partial charge on any atom is 0.0954 e. The zero-order valence-corrected chi connectivity index (χ0v) is 10.1. The number of rotatable bonds is 3. The van der Waals surface area contributed by atoms with E-state index in [2.05, 4.69) is 22.4 Å². The molecule has 1 aromatic carbocycles. The molecule has 0 spiro atoms. The molecule has 90 valence electrons. The van der Waals surface area contributed by atoms with E-state index in [-0.39, 0.29) is 6.04 Å². The van der Waals surface area contributed by atoms with Crippen molar-refractivity contribution in [2.75, 3.05) is 7.05 Å². The van der Waals surface area contributed by atoms with Crippen molar-refractivity contribution in [2.45, 2.75) is 6.04 Å². The van der Waals surface area contributed by atoms with Crippen LogP contribution in [0.5, 0.6) is 0 Å². The molecule has 0 aliphatic carbocycles. The summed E-state index contributed by atoms with van der Waals surface area (Å²) in [7, 11) is 1.93. The van der Waals surface area contributed by atoms with E-state index < -0.39 is 0 Å². The molecule has 0 aliphatic heterocycles. The Kier molecular flexibility index (Phi) is 2.82. The molecule has 2 heterocycles. The van der Waals surface area contributed by atoms with E-state index in [1.54, 1.807) is 12.5 Å². The molecule has 0 bridgehead atoms. The maximum absolute atomic E-state index is 5.16. The Bertz CT molecular complexity index is 641. The molecule has 3 rings (SSSR count). The summed E-state index contributed by atoms with van der Waals surface area (Å²) < 4.78 is 5.16. The zero-order valence-electron chi connectivity index (χ0n) is 10.1. The van der Waals surface area contributed by atoms with Gasteiger partial charge in [-0.15, -0.1) is 0 Å². The van der Waals surface area contributed by atoms with Gasteiger partial charge in [-0.1, -0.05) is 24.3 Å². The van der Waals surface area contributed by atoms with Gasteiger partial charge in [-0.05, 0) is 24.6 Å². The SMILES string of the molecule is CNC(c1ccoc1)c1nccc2ccccc12. The van der Waals surface area contributed by atoms with Crippen LogP contribution in [-0.2, 0) is 0 Å². The van der Waals surface area contributed by atoms with E-state index in [0.29, 0.717) is 0 Å². The van der Waals surface area contributed by atoms with Crippen LogP contribution in [0.25, 0.3) is 10.8 Å². The molecule has 0 aliphatic rings. The number of nitrogens with zero attached hydrogens (tertiary/aromatic N) is 1. The summed E-state index contributed by atoms with van der Waals surface area (Å²) in [5.41, 5.74) is 2.11. The Morgan fingerprint density at radius 3 is 2.83 bits per heavy atom. The van der Waals surface area contributed by atoms with E-state index >= 15 is 0 Å². The van der Waals surface area contributed by atoms with Gasteiger partial charge >= 0.3 is 0 Å². The second-order valence-electron chi connectivity index (χ2n) is 4.20. The Morgan fingerprint density at radius 2 is 2.06 bits per heavy atom. The predicted octanol–water partition coefficient (Wildman–Crippen LogP) is 3.14. The minimum absolute atomic E-state index is 0.0508. The zero-order chi connectivity index (χ0) is 12.4. The molecule has 0 saturated heterocycles. The summed E-state index contributed by atoms with van der Waals surface area (Å²) in [5, 5.41) is 5.66. The van der Waals surface area contributed by atoms with Crippen LogP contribution >= 0.6 is 0 Å². The van der Waals surface area contributed by atoms with Crippen LogP contribution in [0, 0.1) is 0 Å².